The van der Waals surface area contributed by atoms with Crippen LogP contribution >= 0.6 is 0 Å². The van der Waals surface area contributed by atoms with E-state index in [0.717, 1.165) is 24.3 Å². The van der Waals surface area contributed by atoms with Crippen LogP contribution in [-0.2, 0) is 4.79 Å². The summed E-state index contributed by atoms with van der Waals surface area (Å²) in [5.74, 6) is -0.352. The van der Waals surface area contributed by atoms with Gasteiger partial charge in [-0.3, -0.25) is 9.59 Å². The molecule has 2 N–H and O–H groups in total. The lowest BCUT2D eigenvalue weighted by atomic mass is 10.2. The van der Waals surface area contributed by atoms with Crippen LogP contribution in [0.15, 0.2) is 53.6 Å². The van der Waals surface area contributed by atoms with Crippen molar-refractivity contribution in [2.75, 3.05) is 31.6 Å². The molecule has 28 heavy (non-hydrogen) atoms. The van der Waals surface area contributed by atoms with E-state index in [1.165, 1.54) is 7.11 Å². The number of hydrogen-bond donors (Lipinski definition) is 2. The lowest BCUT2D eigenvalue weighted by Gasteiger charge is -2.20. The number of hydrogen-bond acceptors (Lipinski definition) is 5. The molecule has 0 spiro atoms. The number of hydrazone groups is 1. The topological polar surface area (TPSA) is 83.0 Å². The molecule has 0 aliphatic rings. The van der Waals surface area contributed by atoms with Crippen molar-refractivity contribution in [1.82, 2.24) is 10.7 Å². The third-order valence-electron chi connectivity index (χ3n) is 4.19. The predicted octanol–water partition coefficient (Wildman–Crippen LogP) is 2.42. The summed E-state index contributed by atoms with van der Waals surface area (Å²) in [6.45, 7) is 5.93. The largest absolute Gasteiger partial charge is 0.496 e. The Bertz CT molecular complexity index is 815. The maximum absolute atomic E-state index is 12.1. The van der Waals surface area contributed by atoms with Gasteiger partial charge in [0.05, 0.1) is 25.4 Å². The Morgan fingerprint density at radius 2 is 1.75 bits per heavy atom. The number of ether oxygens (including phenoxy) is 1. The van der Waals surface area contributed by atoms with Gasteiger partial charge >= 0.3 is 0 Å². The maximum Gasteiger partial charge on any atom is 0.259 e. The van der Waals surface area contributed by atoms with E-state index in [2.05, 4.69) is 34.6 Å². The molecule has 2 rings (SSSR count). The molecule has 2 aromatic carbocycles. The van der Waals surface area contributed by atoms with Crippen LogP contribution in [0.2, 0.25) is 0 Å². The molecule has 0 unspecified atom stereocenters. The minimum atomic E-state index is -0.417. The zero-order chi connectivity index (χ0) is 20.4. The van der Waals surface area contributed by atoms with Crippen LogP contribution in [0.3, 0.4) is 0 Å². The Kier molecular flexibility index (Phi) is 8.02. The van der Waals surface area contributed by atoms with E-state index in [1.54, 1.807) is 30.5 Å². The predicted molar refractivity (Wildman–Crippen MR) is 111 cm³/mol. The van der Waals surface area contributed by atoms with Gasteiger partial charge in [0.1, 0.15) is 5.75 Å². The van der Waals surface area contributed by atoms with E-state index < -0.39 is 5.91 Å². The van der Waals surface area contributed by atoms with Gasteiger partial charge in [-0.25, -0.2) is 5.43 Å². The highest BCUT2D eigenvalue weighted by molar-refractivity contribution is 5.98. The molecule has 0 atom stereocenters. The summed E-state index contributed by atoms with van der Waals surface area (Å²) in [5.41, 5.74) is 4.78. The Morgan fingerprint density at radius 3 is 2.39 bits per heavy atom. The van der Waals surface area contributed by atoms with E-state index in [1.807, 2.05) is 24.3 Å². The number of benzene rings is 2. The summed E-state index contributed by atoms with van der Waals surface area (Å²) in [5, 5.41) is 6.47. The maximum atomic E-state index is 12.1. The summed E-state index contributed by atoms with van der Waals surface area (Å²) in [6.07, 6.45) is 1.56. The van der Waals surface area contributed by atoms with Gasteiger partial charge in [0.25, 0.3) is 11.8 Å². The molecule has 0 aliphatic carbocycles. The van der Waals surface area contributed by atoms with E-state index in [4.69, 9.17) is 4.74 Å². The van der Waals surface area contributed by atoms with Crippen molar-refractivity contribution in [3.8, 4) is 5.75 Å². The highest BCUT2D eigenvalue weighted by atomic mass is 16.5. The number of para-hydroxylation sites is 1. The van der Waals surface area contributed by atoms with Crippen molar-refractivity contribution < 1.29 is 14.3 Å². The monoisotopic (exact) mass is 382 g/mol. The molecule has 7 nitrogen and oxygen atoms in total. The van der Waals surface area contributed by atoms with Crippen molar-refractivity contribution >= 4 is 23.7 Å². The molecule has 0 aliphatic heterocycles. The molecule has 0 bridgehead atoms. The first kappa shape index (κ1) is 21.0. The van der Waals surface area contributed by atoms with Gasteiger partial charge in [-0.15, -0.1) is 0 Å². The highest BCUT2D eigenvalue weighted by Gasteiger charge is 2.12. The van der Waals surface area contributed by atoms with Gasteiger partial charge in [0.15, 0.2) is 0 Å². The van der Waals surface area contributed by atoms with Gasteiger partial charge in [0.2, 0.25) is 0 Å². The van der Waals surface area contributed by atoms with E-state index >= 15 is 0 Å². The van der Waals surface area contributed by atoms with Crippen LogP contribution in [-0.4, -0.2) is 44.8 Å². The summed E-state index contributed by atoms with van der Waals surface area (Å²) in [7, 11) is 1.49. The molecule has 148 valence electrons. The van der Waals surface area contributed by atoms with Gasteiger partial charge in [-0.05, 0) is 43.7 Å². The second kappa shape index (κ2) is 10.7. The second-order valence-corrected chi connectivity index (χ2v) is 5.94. The Hall–Kier alpha value is -3.35. The third kappa shape index (κ3) is 5.84. The fourth-order valence-corrected chi connectivity index (χ4v) is 2.67. The second-order valence-electron chi connectivity index (χ2n) is 5.94. The number of nitrogens with zero attached hydrogens (tertiary/aromatic N) is 2. The number of amides is 2. The van der Waals surface area contributed by atoms with Crippen molar-refractivity contribution in [2.45, 2.75) is 13.8 Å². The molecule has 0 saturated heterocycles. The van der Waals surface area contributed by atoms with Gasteiger partial charge < -0.3 is 15.0 Å². The lowest BCUT2D eigenvalue weighted by molar-refractivity contribution is -0.120. The minimum Gasteiger partial charge on any atom is -0.496 e. The van der Waals surface area contributed by atoms with Crippen LogP contribution in [0.1, 0.15) is 29.8 Å². The normalized spacial score (nSPS) is 10.5. The first-order valence-electron chi connectivity index (χ1n) is 9.17. The Morgan fingerprint density at radius 1 is 1.07 bits per heavy atom. The SMILES string of the molecule is CCN(CC)c1ccc(/C=N\NC(=O)CNC(=O)c2ccccc2OC)cc1. The van der Waals surface area contributed by atoms with Crippen LogP contribution < -0.4 is 20.4 Å². The molecular formula is C21H26N4O3. The molecule has 0 saturated carbocycles. The highest BCUT2D eigenvalue weighted by Crippen LogP contribution is 2.16. The number of rotatable bonds is 9. The lowest BCUT2D eigenvalue weighted by Crippen LogP contribution is -2.35. The van der Waals surface area contributed by atoms with E-state index in [-0.39, 0.29) is 12.5 Å². The minimum absolute atomic E-state index is 0.185. The van der Waals surface area contributed by atoms with E-state index in [9.17, 15) is 9.59 Å². The van der Waals surface area contributed by atoms with Gasteiger partial charge in [-0.2, -0.15) is 5.10 Å². The fraction of sp³-hybridized carbons (Fsp3) is 0.286. The molecule has 0 aromatic heterocycles. The smallest absolute Gasteiger partial charge is 0.259 e. The Labute approximate surface area is 165 Å². The average molecular weight is 382 g/mol. The number of carbonyl (C=O) groups excluding carboxylic acids is 2. The molecule has 0 heterocycles. The summed E-state index contributed by atoms with van der Waals surface area (Å²) < 4.78 is 5.14. The zero-order valence-corrected chi connectivity index (χ0v) is 16.4. The third-order valence-corrected chi connectivity index (χ3v) is 4.19. The van der Waals surface area contributed by atoms with Crippen LogP contribution in [0, 0.1) is 0 Å². The number of nitrogens with one attached hydrogen (secondary N) is 2. The molecule has 7 heteroatoms. The first-order chi connectivity index (χ1) is 13.6. The summed E-state index contributed by atoms with van der Waals surface area (Å²) >= 11 is 0. The Balaban J connectivity index is 1.82. The molecular weight excluding hydrogens is 356 g/mol. The van der Waals surface area contributed by atoms with Gasteiger partial charge in [-0.1, -0.05) is 24.3 Å². The van der Waals surface area contributed by atoms with E-state index in [0.29, 0.717) is 11.3 Å². The number of anilines is 1. The van der Waals surface area contributed by atoms with Crippen LogP contribution in [0.25, 0.3) is 0 Å². The number of carbonyl (C=O) groups is 2. The van der Waals surface area contributed by atoms with Crippen molar-refractivity contribution in [3.63, 3.8) is 0 Å². The van der Waals surface area contributed by atoms with Gasteiger partial charge in [0, 0.05) is 18.8 Å². The molecule has 2 aromatic rings. The standard InChI is InChI=1S/C21H26N4O3/c1-4-25(5-2)17-12-10-16(11-13-17)14-23-24-20(26)15-22-21(27)18-8-6-7-9-19(18)28-3/h6-14H,4-5,15H2,1-3H3,(H,22,27)(H,24,26)/b23-14-. The quantitative estimate of drug-likeness (QED) is 0.515. The first-order valence-corrected chi connectivity index (χ1v) is 9.17. The fourth-order valence-electron chi connectivity index (χ4n) is 2.67. The van der Waals surface area contributed by atoms with Crippen molar-refractivity contribution in [2.24, 2.45) is 5.10 Å². The molecule has 2 amide bonds. The number of methoxy groups -OCH3 is 1. The van der Waals surface area contributed by atoms with Crippen LogP contribution in [0.4, 0.5) is 5.69 Å². The van der Waals surface area contributed by atoms with Crippen molar-refractivity contribution in [3.05, 3.63) is 59.7 Å². The summed E-state index contributed by atoms with van der Waals surface area (Å²) in [6, 6.07) is 14.7. The van der Waals surface area contributed by atoms with Crippen LogP contribution in [0.5, 0.6) is 5.75 Å². The molecule has 0 radical (unpaired) electrons. The average Bonchev–Trinajstić information content (AvgIpc) is 2.74. The van der Waals surface area contributed by atoms with Crippen molar-refractivity contribution in [1.29, 1.82) is 0 Å². The zero-order valence-electron chi connectivity index (χ0n) is 16.4. The molecule has 0 fully saturated rings. The summed E-state index contributed by atoms with van der Waals surface area (Å²) in [4.78, 5) is 26.3.